The second-order valence-electron chi connectivity index (χ2n) is 4.53. The van der Waals surface area contributed by atoms with Gasteiger partial charge in [0, 0.05) is 5.41 Å². The summed E-state index contributed by atoms with van der Waals surface area (Å²) in [5.41, 5.74) is 3.11. The summed E-state index contributed by atoms with van der Waals surface area (Å²) in [7, 11) is 0. The molecular weight excluding hydrogens is 144 g/mol. The second kappa shape index (κ2) is 3.08. The van der Waals surface area contributed by atoms with E-state index in [0.717, 1.165) is 5.92 Å². The number of hydrogen-bond donors (Lipinski definition) is 0. The van der Waals surface area contributed by atoms with Gasteiger partial charge >= 0.3 is 0 Å². The summed E-state index contributed by atoms with van der Waals surface area (Å²) in [5, 5.41) is 0. The van der Waals surface area contributed by atoms with Crippen LogP contribution in [0.3, 0.4) is 0 Å². The molecule has 2 atom stereocenters. The van der Waals surface area contributed by atoms with Gasteiger partial charge in [0.15, 0.2) is 0 Å². The third-order valence-corrected chi connectivity index (χ3v) is 3.40. The predicted molar refractivity (Wildman–Crippen MR) is 55.1 cm³/mol. The van der Waals surface area contributed by atoms with Gasteiger partial charge < -0.3 is 0 Å². The first kappa shape index (κ1) is 9.57. The predicted octanol–water partition coefficient (Wildman–Crippen LogP) is 3.95. The van der Waals surface area contributed by atoms with Crippen molar-refractivity contribution in [1.29, 1.82) is 0 Å². The Bertz CT molecular complexity index is 222. The average Bonchev–Trinajstić information content (AvgIpc) is 1.97. The maximum atomic E-state index is 4.07. The molecule has 0 N–H and O–H groups in total. The fraction of sp³-hybridized carbons (Fsp3) is 0.667. The molecule has 0 aromatic heterocycles. The number of allylic oxidation sites excluding steroid dienone is 3. The summed E-state index contributed by atoms with van der Waals surface area (Å²) < 4.78 is 0. The second-order valence-corrected chi connectivity index (χ2v) is 4.53. The van der Waals surface area contributed by atoms with E-state index in [1.165, 1.54) is 24.0 Å². The standard InChI is InChI=1S/C12H20/c1-9(2)12(5)7-6-10(3)11(4)8-12/h8,10H,1,6-7H2,2-5H3. The largest absolute Gasteiger partial charge is 0.0993 e. The molecule has 0 radical (unpaired) electrons. The van der Waals surface area contributed by atoms with Crippen LogP contribution in [0.2, 0.25) is 0 Å². The van der Waals surface area contributed by atoms with Crippen molar-refractivity contribution in [2.45, 2.75) is 40.5 Å². The zero-order valence-corrected chi connectivity index (χ0v) is 8.78. The molecule has 0 saturated heterocycles. The van der Waals surface area contributed by atoms with Crippen LogP contribution in [-0.4, -0.2) is 0 Å². The molecule has 0 aliphatic heterocycles. The lowest BCUT2D eigenvalue weighted by atomic mass is 9.71. The minimum Gasteiger partial charge on any atom is -0.0993 e. The van der Waals surface area contributed by atoms with Crippen molar-refractivity contribution < 1.29 is 0 Å². The van der Waals surface area contributed by atoms with Crippen molar-refractivity contribution in [3.05, 3.63) is 23.8 Å². The van der Waals surface area contributed by atoms with E-state index in [-0.39, 0.29) is 5.41 Å². The van der Waals surface area contributed by atoms with Gasteiger partial charge in [-0.1, -0.05) is 37.6 Å². The summed E-state index contributed by atoms with van der Waals surface area (Å²) in [6.45, 7) is 13.1. The molecular formula is C12H20. The highest BCUT2D eigenvalue weighted by atomic mass is 14.3. The third kappa shape index (κ3) is 1.63. The van der Waals surface area contributed by atoms with E-state index < -0.39 is 0 Å². The van der Waals surface area contributed by atoms with Crippen LogP contribution < -0.4 is 0 Å². The number of hydrogen-bond acceptors (Lipinski definition) is 0. The van der Waals surface area contributed by atoms with Crippen LogP contribution in [0.25, 0.3) is 0 Å². The van der Waals surface area contributed by atoms with Crippen molar-refractivity contribution in [3.8, 4) is 0 Å². The van der Waals surface area contributed by atoms with Crippen LogP contribution in [0.15, 0.2) is 23.8 Å². The molecule has 0 bridgehead atoms. The Labute approximate surface area is 76.4 Å². The molecule has 1 aliphatic rings. The molecule has 0 fully saturated rings. The maximum absolute atomic E-state index is 4.07. The van der Waals surface area contributed by atoms with Gasteiger partial charge in [-0.25, -0.2) is 0 Å². The van der Waals surface area contributed by atoms with E-state index in [0.29, 0.717) is 0 Å². The van der Waals surface area contributed by atoms with Gasteiger partial charge in [-0.05, 0) is 32.6 Å². The Morgan fingerprint density at radius 2 is 2.25 bits per heavy atom. The molecule has 0 spiro atoms. The SMILES string of the molecule is C=C(C)C1(C)C=C(C)C(C)CC1. The number of rotatable bonds is 1. The molecule has 1 aliphatic carbocycles. The molecule has 0 heterocycles. The van der Waals surface area contributed by atoms with Crippen LogP contribution in [0.5, 0.6) is 0 Å². The Balaban J connectivity index is 2.91. The zero-order valence-electron chi connectivity index (χ0n) is 8.78. The lowest BCUT2D eigenvalue weighted by Gasteiger charge is -2.34. The topological polar surface area (TPSA) is 0 Å². The molecule has 0 saturated carbocycles. The normalized spacial score (nSPS) is 36.0. The maximum Gasteiger partial charge on any atom is 0.00599 e. The molecule has 1 rings (SSSR count). The van der Waals surface area contributed by atoms with Crippen molar-refractivity contribution in [1.82, 2.24) is 0 Å². The van der Waals surface area contributed by atoms with Crippen molar-refractivity contribution >= 4 is 0 Å². The van der Waals surface area contributed by atoms with E-state index in [2.05, 4.69) is 40.3 Å². The van der Waals surface area contributed by atoms with E-state index in [9.17, 15) is 0 Å². The fourth-order valence-corrected chi connectivity index (χ4v) is 1.80. The first-order valence-corrected chi connectivity index (χ1v) is 4.81. The molecule has 2 unspecified atom stereocenters. The molecule has 0 aromatic rings. The Morgan fingerprint density at radius 3 is 2.67 bits per heavy atom. The Morgan fingerprint density at radius 1 is 1.67 bits per heavy atom. The van der Waals surface area contributed by atoms with Gasteiger partial charge in [-0.2, -0.15) is 0 Å². The third-order valence-electron chi connectivity index (χ3n) is 3.40. The smallest absolute Gasteiger partial charge is 0.00599 e. The van der Waals surface area contributed by atoms with Crippen molar-refractivity contribution in [3.63, 3.8) is 0 Å². The lowest BCUT2D eigenvalue weighted by Crippen LogP contribution is -2.21. The first-order valence-electron chi connectivity index (χ1n) is 4.81. The average molecular weight is 164 g/mol. The monoisotopic (exact) mass is 164 g/mol. The Hall–Kier alpha value is -0.520. The van der Waals surface area contributed by atoms with Gasteiger partial charge in [0.25, 0.3) is 0 Å². The van der Waals surface area contributed by atoms with Crippen LogP contribution in [0, 0.1) is 11.3 Å². The van der Waals surface area contributed by atoms with Gasteiger partial charge in [0.2, 0.25) is 0 Å². The summed E-state index contributed by atoms with van der Waals surface area (Å²) in [5.74, 6) is 0.775. The van der Waals surface area contributed by atoms with Gasteiger partial charge in [-0.3, -0.25) is 0 Å². The minimum atomic E-state index is 0.274. The first-order chi connectivity index (χ1) is 5.46. The lowest BCUT2D eigenvalue weighted by molar-refractivity contribution is 0.379. The molecule has 12 heavy (non-hydrogen) atoms. The van der Waals surface area contributed by atoms with Crippen molar-refractivity contribution in [2.24, 2.45) is 11.3 Å². The highest BCUT2D eigenvalue weighted by Crippen LogP contribution is 2.40. The van der Waals surface area contributed by atoms with E-state index in [1.54, 1.807) is 0 Å². The van der Waals surface area contributed by atoms with E-state index in [1.807, 2.05) is 0 Å². The van der Waals surface area contributed by atoms with Crippen molar-refractivity contribution in [2.75, 3.05) is 0 Å². The highest BCUT2D eigenvalue weighted by molar-refractivity contribution is 5.23. The van der Waals surface area contributed by atoms with E-state index in [4.69, 9.17) is 0 Å². The van der Waals surface area contributed by atoms with Gasteiger partial charge in [-0.15, -0.1) is 0 Å². The summed E-state index contributed by atoms with van der Waals surface area (Å²) in [6, 6.07) is 0. The molecule has 0 heteroatoms. The van der Waals surface area contributed by atoms with E-state index >= 15 is 0 Å². The van der Waals surface area contributed by atoms with Gasteiger partial charge in [0.05, 0.1) is 0 Å². The minimum absolute atomic E-state index is 0.274. The van der Waals surface area contributed by atoms with Gasteiger partial charge in [0.1, 0.15) is 0 Å². The zero-order chi connectivity index (χ0) is 9.35. The molecule has 0 aromatic carbocycles. The molecule has 0 nitrogen and oxygen atoms in total. The molecule has 68 valence electrons. The summed E-state index contributed by atoms with van der Waals surface area (Å²) in [6.07, 6.45) is 4.98. The Kier molecular flexibility index (Phi) is 2.46. The fourth-order valence-electron chi connectivity index (χ4n) is 1.80. The summed E-state index contributed by atoms with van der Waals surface area (Å²) >= 11 is 0. The summed E-state index contributed by atoms with van der Waals surface area (Å²) in [4.78, 5) is 0. The quantitative estimate of drug-likeness (QED) is 0.515. The van der Waals surface area contributed by atoms with Crippen LogP contribution in [0.4, 0.5) is 0 Å². The van der Waals surface area contributed by atoms with Crippen LogP contribution in [-0.2, 0) is 0 Å². The van der Waals surface area contributed by atoms with Crippen LogP contribution >= 0.6 is 0 Å². The molecule has 0 amide bonds. The van der Waals surface area contributed by atoms with Crippen LogP contribution in [0.1, 0.15) is 40.5 Å². The highest BCUT2D eigenvalue weighted by Gasteiger charge is 2.27.